The van der Waals surface area contributed by atoms with E-state index in [0.29, 0.717) is 11.5 Å². The van der Waals surface area contributed by atoms with E-state index in [-0.39, 0.29) is 23.6 Å². The number of methoxy groups -OCH3 is 2. The summed E-state index contributed by atoms with van der Waals surface area (Å²) >= 11 is 0. The van der Waals surface area contributed by atoms with Gasteiger partial charge in [-0.25, -0.2) is 0 Å². The lowest BCUT2D eigenvalue weighted by molar-refractivity contribution is 0.395. The zero-order chi connectivity index (χ0) is 18.8. The Labute approximate surface area is 154 Å². The summed E-state index contributed by atoms with van der Waals surface area (Å²) in [7, 11) is 3.23. The van der Waals surface area contributed by atoms with Gasteiger partial charge in [0, 0.05) is 37.3 Å². The van der Waals surface area contributed by atoms with Gasteiger partial charge in [0.1, 0.15) is 23.0 Å². The van der Waals surface area contributed by atoms with Crippen LogP contribution in [0.2, 0.25) is 0 Å². The predicted octanol–water partition coefficient (Wildman–Crippen LogP) is 3.22. The van der Waals surface area contributed by atoms with Gasteiger partial charge < -0.3 is 29.5 Å². The van der Waals surface area contributed by atoms with E-state index < -0.39 is 0 Å². The molecule has 2 N–H and O–H groups in total. The first kappa shape index (κ1) is 18.0. The van der Waals surface area contributed by atoms with Crippen molar-refractivity contribution < 1.29 is 19.7 Å². The van der Waals surface area contributed by atoms with E-state index in [1.54, 1.807) is 38.5 Å². The molecule has 0 saturated carbocycles. The van der Waals surface area contributed by atoms with Crippen LogP contribution in [-0.4, -0.2) is 49.6 Å². The summed E-state index contributed by atoms with van der Waals surface area (Å²) in [5, 5.41) is 19.4. The third-order valence-electron chi connectivity index (χ3n) is 4.93. The molecule has 2 unspecified atom stereocenters. The van der Waals surface area contributed by atoms with Crippen LogP contribution in [0, 0.1) is 0 Å². The smallest absolute Gasteiger partial charge is 0.145 e. The number of nitrogens with zero attached hydrogens (tertiary/aromatic N) is 2. The summed E-state index contributed by atoms with van der Waals surface area (Å²) in [6.45, 7) is 5.93. The third-order valence-corrected chi connectivity index (χ3v) is 4.93. The first-order valence-corrected chi connectivity index (χ1v) is 8.72. The minimum atomic E-state index is 0.193. The Morgan fingerprint density at radius 3 is 1.50 bits per heavy atom. The van der Waals surface area contributed by atoms with Gasteiger partial charge in [0.15, 0.2) is 0 Å². The highest BCUT2D eigenvalue weighted by atomic mass is 16.5. The molecule has 2 aromatic rings. The van der Waals surface area contributed by atoms with E-state index >= 15 is 0 Å². The molecule has 0 spiro atoms. The van der Waals surface area contributed by atoms with E-state index in [9.17, 15) is 10.2 Å². The second-order valence-electron chi connectivity index (χ2n) is 6.72. The Morgan fingerprint density at radius 1 is 0.769 bits per heavy atom. The minimum absolute atomic E-state index is 0.193. The highest BCUT2D eigenvalue weighted by Crippen LogP contribution is 2.38. The second-order valence-corrected chi connectivity index (χ2v) is 6.72. The molecule has 0 amide bonds. The highest BCUT2D eigenvalue weighted by molar-refractivity contribution is 5.65. The summed E-state index contributed by atoms with van der Waals surface area (Å²) in [5.74, 6) is 1.72. The van der Waals surface area contributed by atoms with Crippen molar-refractivity contribution in [3.05, 3.63) is 36.4 Å². The second kappa shape index (κ2) is 7.23. The number of benzene rings is 2. The number of ether oxygens (including phenoxy) is 2. The molecule has 6 heteroatoms. The van der Waals surface area contributed by atoms with E-state index in [0.717, 1.165) is 24.5 Å². The molecule has 1 heterocycles. The van der Waals surface area contributed by atoms with Crippen LogP contribution in [0.5, 0.6) is 23.0 Å². The number of hydrogen-bond donors (Lipinski definition) is 2. The minimum Gasteiger partial charge on any atom is -0.508 e. The molecule has 0 bridgehead atoms. The van der Waals surface area contributed by atoms with Gasteiger partial charge in [0.2, 0.25) is 0 Å². The lowest BCUT2D eigenvalue weighted by Crippen LogP contribution is -2.57. The zero-order valence-electron chi connectivity index (χ0n) is 15.6. The third kappa shape index (κ3) is 3.31. The van der Waals surface area contributed by atoms with Gasteiger partial charge in [0.25, 0.3) is 0 Å². The molecule has 0 aliphatic carbocycles. The fourth-order valence-corrected chi connectivity index (χ4v) is 3.61. The Bertz CT molecular complexity index is 715. The van der Waals surface area contributed by atoms with Crippen molar-refractivity contribution in [2.45, 2.75) is 25.9 Å². The van der Waals surface area contributed by atoms with Crippen molar-refractivity contribution in [1.29, 1.82) is 0 Å². The Hall–Kier alpha value is -2.76. The quantitative estimate of drug-likeness (QED) is 0.875. The number of rotatable bonds is 4. The molecule has 6 nitrogen and oxygen atoms in total. The summed E-state index contributed by atoms with van der Waals surface area (Å²) in [5.41, 5.74) is 1.95. The molecule has 1 saturated heterocycles. The predicted molar refractivity (Wildman–Crippen MR) is 103 cm³/mol. The molecular formula is C20H26N2O4. The molecule has 1 fully saturated rings. The summed E-state index contributed by atoms with van der Waals surface area (Å²) < 4.78 is 10.9. The van der Waals surface area contributed by atoms with Crippen LogP contribution in [-0.2, 0) is 0 Å². The standard InChI is InChI=1S/C20H26N2O4/c1-13-11-22(18-8-6-16(24)10-20(18)26-4)14(2)12-21(13)17-7-5-15(23)9-19(17)25-3/h5-10,13-14,23-24H,11-12H2,1-4H3. The van der Waals surface area contributed by atoms with Gasteiger partial charge in [0.05, 0.1) is 25.6 Å². The average Bonchev–Trinajstić information content (AvgIpc) is 2.63. The number of phenols is 2. The van der Waals surface area contributed by atoms with Crippen LogP contribution in [0.4, 0.5) is 11.4 Å². The van der Waals surface area contributed by atoms with Crippen LogP contribution >= 0.6 is 0 Å². The van der Waals surface area contributed by atoms with Crippen molar-refractivity contribution in [1.82, 2.24) is 0 Å². The number of hydrogen-bond acceptors (Lipinski definition) is 6. The maximum absolute atomic E-state index is 9.71. The normalized spacial score (nSPS) is 20.2. The maximum atomic E-state index is 9.71. The summed E-state index contributed by atoms with van der Waals surface area (Å²) in [4.78, 5) is 4.60. The lowest BCUT2D eigenvalue weighted by Gasteiger charge is -2.46. The van der Waals surface area contributed by atoms with Crippen molar-refractivity contribution in [3.8, 4) is 23.0 Å². The average molecular weight is 358 g/mol. The maximum Gasteiger partial charge on any atom is 0.145 e. The van der Waals surface area contributed by atoms with E-state index in [2.05, 4.69) is 23.6 Å². The molecule has 0 aromatic heterocycles. The van der Waals surface area contributed by atoms with E-state index in [1.165, 1.54) is 0 Å². The molecular weight excluding hydrogens is 332 g/mol. The molecule has 1 aliphatic heterocycles. The lowest BCUT2D eigenvalue weighted by atomic mass is 10.0. The highest BCUT2D eigenvalue weighted by Gasteiger charge is 2.32. The molecule has 1 aliphatic rings. The van der Waals surface area contributed by atoms with Crippen molar-refractivity contribution in [3.63, 3.8) is 0 Å². The Balaban J connectivity index is 1.89. The summed E-state index contributed by atoms with van der Waals surface area (Å²) in [6, 6.07) is 10.9. The van der Waals surface area contributed by atoms with Crippen LogP contribution in [0.25, 0.3) is 0 Å². The van der Waals surface area contributed by atoms with E-state index in [1.807, 2.05) is 12.1 Å². The number of anilines is 2. The largest absolute Gasteiger partial charge is 0.508 e. The van der Waals surface area contributed by atoms with Gasteiger partial charge >= 0.3 is 0 Å². The first-order chi connectivity index (χ1) is 12.4. The monoisotopic (exact) mass is 358 g/mol. The fourth-order valence-electron chi connectivity index (χ4n) is 3.61. The van der Waals surface area contributed by atoms with Gasteiger partial charge in [-0.05, 0) is 38.1 Å². The Kier molecular flexibility index (Phi) is 5.02. The van der Waals surface area contributed by atoms with Gasteiger partial charge in [-0.15, -0.1) is 0 Å². The SMILES string of the molecule is COc1cc(O)ccc1N1CC(C)N(c2ccc(O)cc2OC)CC1C. The van der Waals surface area contributed by atoms with Gasteiger partial charge in [-0.3, -0.25) is 0 Å². The van der Waals surface area contributed by atoms with Crippen molar-refractivity contribution in [2.75, 3.05) is 37.1 Å². The number of phenolic OH excluding ortho intramolecular Hbond substituents is 2. The van der Waals surface area contributed by atoms with Gasteiger partial charge in [-0.2, -0.15) is 0 Å². The molecule has 2 atom stereocenters. The van der Waals surface area contributed by atoms with E-state index in [4.69, 9.17) is 9.47 Å². The molecule has 0 radical (unpaired) electrons. The van der Waals surface area contributed by atoms with Crippen LogP contribution in [0.1, 0.15) is 13.8 Å². The summed E-state index contributed by atoms with van der Waals surface area (Å²) in [6.07, 6.45) is 0. The topological polar surface area (TPSA) is 65.4 Å². The molecule has 2 aromatic carbocycles. The number of piperazine rings is 1. The van der Waals surface area contributed by atoms with Crippen LogP contribution < -0.4 is 19.3 Å². The van der Waals surface area contributed by atoms with Crippen molar-refractivity contribution >= 4 is 11.4 Å². The molecule has 3 rings (SSSR count). The van der Waals surface area contributed by atoms with Crippen LogP contribution in [0.15, 0.2) is 36.4 Å². The molecule has 26 heavy (non-hydrogen) atoms. The zero-order valence-corrected chi connectivity index (χ0v) is 15.6. The number of aromatic hydroxyl groups is 2. The Morgan fingerprint density at radius 2 is 1.15 bits per heavy atom. The first-order valence-electron chi connectivity index (χ1n) is 8.72. The molecule has 140 valence electrons. The van der Waals surface area contributed by atoms with Crippen LogP contribution in [0.3, 0.4) is 0 Å². The fraction of sp³-hybridized carbons (Fsp3) is 0.400. The van der Waals surface area contributed by atoms with Gasteiger partial charge in [-0.1, -0.05) is 0 Å². The van der Waals surface area contributed by atoms with Crippen molar-refractivity contribution in [2.24, 2.45) is 0 Å².